The number of furan rings is 1. The van der Waals surface area contributed by atoms with E-state index in [4.69, 9.17) is 4.42 Å². The molecule has 27 heavy (non-hydrogen) atoms. The molecule has 2 saturated heterocycles. The number of likely N-dealkylation sites (tertiary alicyclic amines) is 2. The van der Waals surface area contributed by atoms with Gasteiger partial charge in [-0.2, -0.15) is 0 Å². The predicted octanol–water partition coefficient (Wildman–Crippen LogP) is 4.01. The van der Waals surface area contributed by atoms with Gasteiger partial charge in [-0.1, -0.05) is 32.1 Å². The SMILES string of the molecule is Cc1ccoc1C(=O)N1CC[C@@]2(CCCN(CCC3CCCCC3)C2=O)C1. The van der Waals surface area contributed by atoms with Crippen molar-refractivity contribution >= 4 is 11.8 Å². The average molecular weight is 373 g/mol. The molecule has 0 aromatic carbocycles. The van der Waals surface area contributed by atoms with E-state index in [2.05, 4.69) is 4.90 Å². The lowest BCUT2D eigenvalue weighted by Gasteiger charge is -2.40. The van der Waals surface area contributed by atoms with Crippen LogP contribution < -0.4 is 0 Å². The molecular formula is C22H32N2O3. The van der Waals surface area contributed by atoms with Crippen LogP contribution in [0, 0.1) is 18.3 Å². The molecule has 0 radical (unpaired) electrons. The molecule has 0 bridgehead atoms. The fraction of sp³-hybridized carbons (Fsp3) is 0.727. The van der Waals surface area contributed by atoms with Gasteiger partial charge in [0.2, 0.25) is 5.91 Å². The van der Waals surface area contributed by atoms with Crippen LogP contribution >= 0.6 is 0 Å². The summed E-state index contributed by atoms with van der Waals surface area (Å²) >= 11 is 0. The van der Waals surface area contributed by atoms with Crippen LogP contribution in [-0.4, -0.2) is 47.8 Å². The van der Waals surface area contributed by atoms with Crippen molar-refractivity contribution in [2.24, 2.45) is 11.3 Å². The third kappa shape index (κ3) is 3.65. The third-order valence-electron chi connectivity index (χ3n) is 7.05. The maximum Gasteiger partial charge on any atom is 0.289 e. The third-order valence-corrected chi connectivity index (χ3v) is 7.05. The van der Waals surface area contributed by atoms with Gasteiger partial charge >= 0.3 is 0 Å². The molecule has 3 heterocycles. The largest absolute Gasteiger partial charge is 0.459 e. The molecule has 5 heteroatoms. The number of hydrogen-bond acceptors (Lipinski definition) is 3. The van der Waals surface area contributed by atoms with Crippen LogP contribution in [0.5, 0.6) is 0 Å². The van der Waals surface area contributed by atoms with Crippen LogP contribution in [0.15, 0.2) is 16.7 Å². The second-order valence-electron chi connectivity index (χ2n) is 8.88. The van der Waals surface area contributed by atoms with E-state index in [1.54, 1.807) is 6.26 Å². The van der Waals surface area contributed by atoms with Crippen molar-refractivity contribution in [3.05, 3.63) is 23.7 Å². The Kier molecular flexibility index (Phi) is 5.29. The predicted molar refractivity (Wildman–Crippen MR) is 103 cm³/mol. The van der Waals surface area contributed by atoms with E-state index in [1.807, 2.05) is 17.9 Å². The maximum absolute atomic E-state index is 13.3. The van der Waals surface area contributed by atoms with Gasteiger partial charge in [0, 0.05) is 31.7 Å². The highest BCUT2D eigenvalue weighted by Crippen LogP contribution is 2.41. The summed E-state index contributed by atoms with van der Waals surface area (Å²) in [6, 6.07) is 1.82. The quantitative estimate of drug-likeness (QED) is 0.802. The zero-order chi connectivity index (χ0) is 18.9. The zero-order valence-electron chi connectivity index (χ0n) is 16.5. The Morgan fingerprint density at radius 2 is 2.00 bits per heavy atom. The summed E-state index contributed by atoms with van der Waals surface area (Å²) < 4.78 is 5.38. The van der Waals surface area contributed by atoms with Crippen LogP contribution in [0.2, 0.25) is 0 Å². The van der Waals surface area contributed by atoms with Gasteiger partial charge in [-0.3, -0.25) is 9.59 Å². The second kappa shape index (κ2) is 7.69. The first-order valence-electron chi connectivity index (χ1n) is 10.7. The van der Waals surface area contributed by atoms with Crippen LogP contribution in [0.3, 0.4) is 0 Å². The number of piperidine rings is 1. The molecule has 1 atom stereocenters. The Morgan fingerprint density at radius 3 is 2.74 bits per heavy atom. The molecule has 1 aromatic heterocycles. The smallest absolute Gasteiger partial charge is 0.289 e. The lowest BCUT2D eigenvalue weighted by Crippen LogP contribution is -2.50. The molecular weight excluding hydrogens is 340 g/mol. The van der Waals surface area contributed by atoms with E-state index in [9.17, 15) is 9.59 Å². The van der Waals surface area contributed by atoms with Gasteiger partial charge in [0.1, 0.15) is 0 Å². The molecule has 5 nitrogen and oxygen atoms in total. The van der Waals surface area contributed by atoms with Gasteiger partial charge < -0.3 is 14.2 Å². The van der Waals surface area contributed by atoms with E-state index >= 15 is 0 Å². The van der Waals surface area contributed by atoms with Gasteiger partial charge in [0.25, 0.3) is 5.91 Å². The van der Waals surface area contributed by atoms with E-state index in [1.165, 1.54) is 32.1 Å². The van der Waals surface area contributed by atoms with Crippen LogP contribution in [0.25, 0.3) is 0 Å². The summed E-state index contributed by atoms with van der Waals surface area (Å²) in [5.74, 6) is 1.44. The van der Waals surface area contributed by atoms with Crippen molar-refractivity contribution in [1.82, 2.24) is 9.80 Å². The summed E-state index contributed by atoms with van der Waals surface area (Å²) in [4.78, 5) is 30.0. The minimum absolute atomic E-state index is 0.0681. The first kappa shape index (κ1) is 18.6. The summed E-state index contributed by atoms with van der Waals surface area (Å²) in [5, 5.41) is 0. The van der Waals surface area contributed by atoms with Crippen LogP contribution in [0.4, 0.5) is 0 Å². The molecule has 1 spiro atoms. The van der Waals surface area contributed by atoms with E-state index in [-0.39, 0.29) is 17.2 Å². The molecule has 1 saturated carbocycles. The minimum atomic E-state index is -0.360. The number of rotatable bonds is 4. The number of nitrogens with zero attached hydrogens (tertiary/aromatic N) is 2. The molecule has 1 aromatic rings. The molecule has 1 aliphatic carbocycles. The minimum Gasteiger partial charge on any atom is -0.459 e. The molecule has 0 N–H and O–H groups in total. The standard InChI is InChI=1S/C22H32N2O3/c1-17-9-15-27-19(17)20(25)24-14-11-22(16-24)10-5-12-23(21(22)26)13-8-18-6-3-2-4-7-18/h9,15,18H,2-8,10-14,16H2,1H3/t22-/m0/s1. The second-order valence-corrected chi connectivity index (χ2v) is 8.88. The summed E-state index contributed by atoms with van der Waals surface area (Å²) in [5.41, 5.74) is 0.506. The normalized spacial score (nSPS) is 26.9. The van der Waals surface area contributed by atoms with Crippen LogP contribution in [0.1, 0.15) is 73.9 Å². The molecule has 148 valence electrons. The molecule has 3 aliphatic rings. The maximum atomic E-state index is 13.3. The topological polar surface area (TPSA) is 53.8 Å². The molecule has 3 fully saturated rings. The Bertz CT molecular complexity index is 691. The van der Waals surface area contributed by atoms with Crippen LogP contribution in [-0.2, 0) is 4.79 Å². The number of hydrogen-bond donors (Lipinski definition) is 0. The van der Waals surface area contributed by atoms with Gasteiger partial charge in [0.15, 0.2) is 5.76 Å². The number of amides is 2. The van der Waals surface area contributed by atoms with Crippen molar-refractivity contribution in [2.45, 2.75) is 64.7 Å². The molecule has 2 amide bonds. The number of carbonyl (C=O) groups is 2. The highest BCUT2D eigenvalue weighted by atomic mass is 16.3. The zero-order valence-corrected chi connectivity index (χ0v) is 16.5. The highest BCUT2D eigenvalue weighted by molar-refractivity contribution is 5.94. The Hall–Kier alpha value is -1.78. The van der Waals surface area contributed by atoms with Crippen molar-refractivity contribution in [3.8, 4) is 0 Å². The monoisotopic (exact) mass is 372 g/mol. The number of aryl methyl sites for hydroxylation is 1. The fourth-order valence-electron chi connectivity index (χ4n) is 5.34. The van der Waals surface area contributed by atoms with Gasteiger partial charge in [0.05, 0.1) is 11.7 Å². The van der Waals surface area contributed by atoms with Crippen molar-refractivity contribution < 1.29 is 14.0 Å². The summed E-state index contributed by atoms with van der Waals surface area (Å²) in [7, 11) is 0. The van der Waals surface area contributed by atoms with Gasteiger partial charge in [-0.25, -0.2) is 0 Å². The average Bonchev–Trinajstić information content (AvgIpc) is 3.31. The van der Waals surface area contributed by atoms with Gasteiger partial charge in [-0.15, -0.1) is 0 Å². The summed E-state index contributed by atoms with van der Waals surface area (Å²) in [6.45, 7) is 4.88. The van der Waals surface area contributed by atoms with E-state index in [0.717, 1.165) is 50.3 Å². The van der Waals surface area contributed by atoms with E-state index in [0.29, 0.717) is 18.8 Å². The Labute approximate surface area is 162 Å². The fourth-order valence-corrected chi connectivity index (χ4v) is 5.34. The first-order valence-corrected chi connectivity index (χ1v) is 10.7. The van der Waals surface area contributed by atoms with Crippen molar-refractivity contribution in [2.75, 3.05) is 26.2 Å². The molecule has 0 unspecified atom stereocenters. The first-order chi connectivity index (χ1) is 13.1. The van der Waals surface area contributed by atoms with Gasteiger partial charge in [-0.05, 0) is 44.6 Å². The lowest BCUT2D eigenvalue weighted by atomic mass is 9.78. The Balaban J connectivity index is 1.38. The Morgan fingerprint density at radius 1 is 1.19 bits per heavy atom. The van der Waals surface area contributed by atoms with Crippen molar-refractivity contribution in [3.63, 3.8) is 0 Å². The highest BCUT2D eigenvalue weighted by Gasteiger charge is 2.49. The molecule has 2 aliphatic heterocycles. The molecule has 4 rings (SSSR count). The number of carbonyl (C=O) groups excluding carboxylic acids is 2. The van der Waals surface area contributed by atoms with E-state index < -0.39 is 0 Å². The lowest BCUT2D eigenvalue weighted by molar-refractivity contribution is -0.145. The summed E-state index contributed by atoms with van der Waals surface area (Å²) in [6.07, 6.45) is 12.2. The van der Waals surface area contributed by atoms with Crippen molar-refractivity contribution in [1.29, 1.82) is 0 Å².